The topological polar surface area (TPSA) is 43.1 Å². The molecule has 0 saturated heterocycles. The minimum atomic E-state index is -0.357. The average Bonchev–Trinajstić information content (AvgIpc) is 2.78. The van der Waals surface area contributed by atoms with Gasteiger partial charge in [0.15, 0.2) is 16.6 Å². The van der Waals surface area contributed by atoms with Crippen LogP contribution in [-0.4, -0.2) is 19.6 Å². The predicted molar refractivity (Wildman–Crippen MR) is 68.9 cm³/mol. The summed E-state index contributed by atoms with van der Waals surface area (Å²) in [5.41, 5.74) is 1.04. The monoisotopic (exact) mass is 326 g/mol. The smallest absolute Gasteiger partial charge is 0.198 e. The maximum Gasteiger partial charge on any atom is 0.198 e. The van der Waals surface area contributed by atoms with Gasteiger partial charge in [-0.3, -0.25) is 4.40 Å². The molecule has 3 rings (SSSR count). The Morgan fingerprint density at radius 2 is 2.11 bits per heavy atom. The van der Waals surface area contributed by atoms with Crippen molar-refractivity contribution in [3.8, 4) is 11.4 Å². The molecule has 0 saturated carbocycles. The zero-order valence-corrected chi connectivity index (χ0v) is 11.2. The van der Waals surface area contributed by atoms with Crippen LogP contribution in [0.2, 0.25) is 5.15 Å². The van der Waals surface area contributed by atoms with Crippen molar-refractivity contribution < 1.29 is 4.39 Å². The Kier molecular flexibility index (Phi) is 2.76. The molecule has 4 nitrogen and oxygen atoms in total. The van der Waals surface area contributed by atoms with Crippen molar-refractivity contribution in [2.45, 2.75) is 0 Å². The molecule has 90 valence electrons. The van der Waals surface area contributed by atoms with Gasteiger partial charge in [-0.05, 0) is 28.1 Å². The fourth-order valence-electron chi connectivity index (χ4n) is 1.66. The number of benzene rings is 1. The Morgan fingerprint density at radius 1 is 1.28 bits per heavy atom. The highest BCUT2D eigenvalue weighted by atomic mass is 79.9. The quantitative estimate of drug-likeness (QED) is 0.688. The summed E-state index contributed by atoms with van der Waals surface area (Å²) in [4.78, 5) is 3.91. The molecule has 2 aromatic heterocycles. The van der Waals surface area contributed by atoms with E-state index in [1.807, 2.05) is 0 Å². The molecule has 0 unspecified atom stereocenters. The van der Waals surface area contributed by atoms with E-state index in [-0.39, 0.29) is 11.0 Å². The molecule has 3 aromatic rings. The Hall–Kier alpha value is -1.53. The molecule has 0 aliphatic heterocycles. The normalized spacial score (nSPS) is 11.1. The number of hydrogen-bond donors (Lipinski definition) is 0. The van der Waals surface area contributed by atoms with Crippen molar-refractivity contribution in [2.75, 3.05) is 0 Å². The Labute approximate surface area is 115 Å². The van der Waals surface area contributed by atoms with Crippen molar-refractivity contribution in [3.05, 3.63) is 46.0 Å². The third kappa shape index (κ3) is 1.69. The lowest BCUT2D eigenvalue weighted by atomic mass is 10.2. The molecule has 0 aliphatic carbocycles. The number of nitrogens with zero attached hydrogens (tertiary/aromatic N) is 4. The maximum atomic E-state index is 13.5. The highest BCUT2D eigenvalue weighted by molar-refractivity contribution is 9.10. The zero-order chi connectivity index (χ0) is 12.7. The van der Waals surface area contributed by atoms with Crippen molar-refractivity contribution in [3.63, 3.8) is 0 Å². The standard InChI is InChI=1S/C11H5BrClFN4/c12-8-6(2-1-3-7(8)14)10-16-17-11-9(13)15-4-5-18(10)11/h1-5H. The molecule has 7 heteroatoms. The van der Waals surface area contributed by atoms with Crippen LogP contribution in [0.4, 0.5) is 4.39 Å². The summed E-state index contributed by atoms with van der Waals surface area (Å²) >= 11 is 9.11. The summed E-state index contributed by atoms with van der Waals surface area (Å²) in [6.45, 7) is 0. The van der Waals surface area contributed by atoms with Crippen molar-refractivity contribution in [1.29, 1.82) is 0 Å². The van der Waals surface area contributed by atoms with Gasteiger partial charge in [0.25, 0.3) is 0 Å². The molecule has 0 aliphatic rings. The van der Waals surface area contributed by atoms with Crippen molar-refractivity contribution in [2.24, 2.45) is 0 Å². The van der Waals surface area contributed by atoms with Crippen LogP contribution < -0.4 is 0 Å². The van der Waals surface area contributed by atoms with Gasteiger partial charge in [0.1, 0.15) is 5.82 Å². The van der Waals surface area contributed by atoms with Crippen molar-refractivity contribution >= 4 is 33.2 Å². The number of aromatic nitrogens is 4. The largest absolute Gasteiger partial charge is 0.278 e. The first kappa shape index (κ1) is 11.6. The van der Waals surface area contributed by atoms with E-state index in [1.165, 1.54) is 12.3 Å². The van der Waals surface area contributed by atoms with Crippen LogP contribution in [0.15, 0.2) is 35.1 Å². The van der Waals surface area contributed by atoms with Gasteiger partial charge in [-0.2, -0.15) is 0 Å². The van der Waals surface area contributed by atoms with Crippen LogP contribution in [0.5, 0.6) is 0 Å². The molecular formula is C11H5BrClFN4. The second-order valence-electron chi connectivity index (χ2n) is 3.54. The second kappa shape index (κ2) is 4.29. The highest BCUT2D eigenvalue weighted by Crippen LogP contribution is 2.29. The number of rotatable bonds is 1. The van der Waals surface area contributed by atoms with Gasteiger partial charge >= 0.3 is 0 Å². The van der Waals surface area contributed by atoms with Gasteiger partial charge in [-0.15, -0.1) is 10.2 Å². The fourth-order valence-corrected chi connectivity index (χ4v) is 2.28. The first-order valence-electron chi connectivity index (χ1n) is 4.98. The van der Waals surface area contributed by atoms with Crippen molar-refractivity contribution in [1.82, 2.24) is 19.6 Å². The van der Waals surface area contributed by atoms with E-state index >= 15 is 0 Å². The fraction of sp³-hybridized carbons (Fsp3) is 0. The van der Waals surface area contributed by atoms with Crippen LogP contribution in [0, 0.1) is 5.82 Å². The number of fused-ring (bicyclic) bond motifs is 1. The van der Waals surface area contributed by atoms with E-state index in [4.69, 9.17) is 11.6 Å². The van der Waals surface area contributed by atoms with Gasteiger partial charge in [-0.25, -0.2) is 9.37 Å². The predicted octanol–water partition coefficient (Wildman–Crippen LogP) is 3.35. The van der Waals surface area contributed by atoms with Crippen LogP contribution in [0.1, 0.15) is 0 Å². The second-order valence-corrected chi connectivity index (χ2v) is 4.69. The van der Waals surface area contributed by atoms with Gasteiger partial charge in [0.2, 0.25) is 0 Å². The van der Waals surface area contributed by atoms with Crippen LogP contribution >= 0.6 is 27.5 Å². The highest BCUT2D eigenvalue weighted by Gasteiger charge is 2.15. The minimum absolute atomic E-state index is 0.253. The van der Waals surface area contributed by atoms with Gasteiger partial charge < -0.3 is 0 Å². The van der Waals surface area contributed by atoms with E-state index in [0.29, 0.717) is 21.5 Å². The molecule has 0 bridgehead atoms. The summed E-state index contributed by atoms with van der Waals surface area (Å²) in [6, 6.07) is 4.72. The van der Waals surface area contributed by atoms with Crippen LogP contribution in [0.3, 0.4) is 0 Å². The van der Waals surface area contributed by atoms with Crippen LogP contribution in [0.25, 0.3) is 17.0 Å². The molecular weight excluding hydrogens is 323 g/mol. The third-order valence-corrected chi connectivity index (χ3v) is 3.55. The lowest BCUT2D eigenvalue weighted by Crippen LogP contribution is -1.92. The Balaban J connectivity index is 2.33. The maximum absolute atomic E-state index is 13.5. The molecule has 0 spiro atoms. The lowest BCUT2D eigenvalue weighted by molar-refractivity contribution is 0.621. The van der Waals surface area contributed by atoms with Gasteiger partial charge in [0, 0.05) is 18.0 Å². The minimum Gasteiger partial charge on any atom is -0.278 e. The molecule has 1 aromatic carbocycles. The van der Waals surface area contributed by atoms with E-state index < -0.39 is 0 Å². The van der Waals surface area contributed by atoms with Gasteiger partial charge in [0.05, 0.1) is 4.47 Å². The first-order chi connectivity index (χ1) is 8.68. The van der Waals surface area contributed by atoms with Crippen LogP contribution in [-0.2, 0) is 0 Å². The summed E-state index contributed by atoms with van der Waals surface area (Å²) in [5, 5.41) is 8.21. The summed E-state index contributed by atoms with van der Waals surface area (Å²) in [6.07, 6.45) is 3.21. The molecule has 0 fully saturated rings. The Bertz CT molecular complexity index is 743. The number of halogens is 3. The molecule has 0 N–H and O–H groups in total. The third-order valence-electron chi connectivity index (χ3n) is 2.48. The summed E-state index contributed by atoms with van der Waals surface area (Å²) < 4.78 is 15.5. The zero-order valence-electron chi connectivity index (χ0n) is 8.81. The molecule has 2 heterocycles. The van der Waals surface area contributed by atoms with Gasteiger partial charge in [-0.1, -0.05) is 17.7 Å². The van der Waals surface area contributed by atoms with E-state index in [1.54, 1.807) is 22.7 Å². The SMILES string of the molecule is Fc1cccc(-c2nnc3c(Cl)nccn23)c1Br. The molecule has 0 atom stereocenters. The van der Waals surface area contributed by atoms with E-state index in [0.717, 1.165) is 0 Å². The summed E-state index contributed by atoms with van der Waals surface area (Å²) in [7, 11) is 0. The van der Waals surface area contributed by atoms with E-state index in [9.17, 15) is 4.39 Å². The molecule has 18 heavy (non-hydrogen) atoms. The first-order valence-corrected chi connectivity index (χ1v) is 6.15. The van der Waals surface area contributed by atoms with E-state index in [2.05, 4.69) is 31.1 Å². The Morgan fingerprint density at radius 3 is 2.94 bits per heavy atom. The molecule has 0 amide bonds. The number of hydrogen-bond acceptors (Lipinski definition) is 3. The summed E-state index contributed by atoms with van der Waals surface area (Å²) in [5.74, 6) is 0.144. The molecule has 0 radical (unpaired) electrons. The lowest BCUT2D eigenvalue weighted by Gasteiger charge is -2.03. The average molecular weight is 328 g/mol.